The van der Waals surface area contributed by atoms with Crippen molar-refractivity contribution < 1.29 is 4.79 Å². The van der Waals surface area contributed by atoms with E-state index >= 15 is 0 Å². The molecular formula is C11H11NO. The van der Waals surface area contributed by atoms with Crippen LogP contribution in [0.5, 0.6) is 0 Å². The zero-order valence-corrected chi connectivity index (χ0v) is 7.36. The zero-order valence-electron chi connectivity index (χ0n) is 7.36. The molecule has 0 aromatic heterocycles. The molecule has 1 aliphatic heterocycles. The van der Waals surface area contributed by atoms with Crippen molar-refractivity contribution in [1.82, 2.24) is 0 Å². The highest BCUT2D eigenvalue weighted by Crippen LogP contribution is 2.22. The van der Waals surface area contributed by atoms with Gasteiger partial charge in [0.2, 0.25) is 0 Å². The van der Waals surface area contributed by atoms with E-state index in [1.54, 1.807) is 0 Å². The van der Waals surface area contributed by atoms with E-state index in [9.17, 15) is 4.79 Å². The van der Waals surface area contributed by atoms with E-state index < -0.39 is 0 Å². The van der Waals surface area contributed by atoms with Gasteiger partial charge < -0.3 is 0 Å². The van der Waals surface area contributed by atoms with Crippen LogP contribution in [-0.4, -0.2) is 12.0 Å². The number of para-hydroxylation sites is 1. The lowest BCUT2D eigenvalue weighted by Crippen LogP contribution is -2.01. The standard InChI is InChI=1S/C11H11NO/c13-11-7-3-4-8-12-10-6-2-1-5-9(10)11/h1-2,5-6,8H,3-4,7H2. The number of fused-ring (bicyclic) bond motifs is 1. The number of hydrogen-bond acceptors (Lipinski definition) is 2. The maximum absolute atomic E-state index is 11.6. The van der Waals surface area contributed by atoms with Gasteiger partial charge in [0.1, 0.15) is 0 Å². The number of hydrogen-bond donors (Lipinski definition) is 0. The molecule has 0 bridgehead atoms. The maximum Gasteiger partial charge on any atom is 0.165 e. The monoisotopic (exact) mass is 173 g/mol. The third kappa shape index (κ3) is 1.66. The Kier molecular flexibility index (Phi) is 2.21. The van der Waals surface area contributed by atoms with Crippen molar-refractivity contribution in [2.24, 2.45) is 4.99 Å². The van der Waals surface area contributed by atoms with Crippen molar-refractivity contribution in [3.05, 3.63) is 29.8 Å². The van der Waals surface area contributed by atoms with E-state index in [1.807, 2.05) is 30.5 Å². The van der Waals surface area contributed by atoms with Gasteiger partial charge in [-0.2, -0.15) is 0 Å². The Morgan fingerprint density at radius 2 is 2.08 bits per heavy atom. The lowest BCUT2D eigenvalue weighted by atomic mass is 10.0. The van der Waals surface area contributed by atoms with Gasteiger partial charge in [-0.1, -0.05) is 12.1 Å². The summed E-state index contributed by atoms with van der Waals surface area (Å²) in [6, 6.07) is 7.52. The molecule has 0 saturated heterocycles. The largest absolute Gasteiger partial charge is 0.294 e. The molecule has 0 aliphatic carbocycles. The molecule has 0 atom stereocenters. The summed E-state index contributed by atoms with van der Waals surface area (Å²) in [5.74, 6) is 0.215. The lowest BCUT2D eigenvalue weighted by Gasteiger charge is -2.06. The van der Waals surface area contributed by atoms with Crippen LogP contribution >= 0.6 is 0 Å². The third-order valence-corrected chi connectivity index (χ3v) is 2.17. The number of carbonyl (C=O) groups is 1. The summed E-state index contributed by atoms with van der Waals surface area (Å²) >= 11 is 0. The molecule has 66 valence electrons. The van der Waals surface area contributed by atoms with Gasteiger partial charge in [0.25, 0.3) is 0 Å². The normalized spacial score (nSPS) is 16.2. The summed E-state index contributed by atoms with van der Waals surface area (Å²) in [5, 5.41) is 0. The van der Waals surface area contributed by atoms with Gasteiger partial charge in [-0.3, -0.25) is 9.79 Å². The molecule has 0 spiro atoms. The molecule has 0 saturated carbocycles. The highest BCUT2D eigenvalue weighted by Gasteiger charge is 2.10. The molecule has 2 rings (SSSR count). The molecule has 0 fully saturated rings. The molecule has 0 N–H and O–H groups in total. The summed E-state index contributed by atoms with van der Waals surface area (Å²) in [5.41, 5.74) is 1.57. The molecule has 13 heavy (non-hydrogen) atoms. The van der Waals surface area contributed by atoms with Crippen LogP contribution in [0.4, 0.5) is 5.69 Å². The van der Waals surface area contributed by atoms with Crippen molar-refractivity contribution in [3.8, 4) is 0 Å². The van der Waals surface area contributed by atoms with Crippen LogP contribution in [0.1, 0.15) is 29.6 Å². The summed E-state index contributed by atoms with van der Waals surface area (Å²) in [7, 11) is 0. The Bertz CT molecular complexity index is 355. The fraction of sp³-hybridized carbons (Fsp3) is 0.273. The second kappa shape index (κ2) is 3.52. The first-order valence-corrected chi connectivity index (χ1v) is 4.53. The van der Waals surface area contributed by atoms with Gasteiger partial charge in [-0.25, -0.2) is 0 Å². The number of carbonyl (C=O) groups excluding carboxylic acids is 1. The maximum atomic E-state index is 11.6. The minimum absolute atomic E-state index is 0.215. The van der Waals surface area contributed by atoms with E-state index in [0.717, 1.165) is 24.1 Å². The first-order valence-electron chi connectivity index (χ1n) is 4.53. The molecule has 0 radical (unpaired) electrons. The SMILES string of the molecule is O=C1CCCC=Nc2ccccc21. The first kappa shape index (κ1) is 8.17. The molecule has 1 heterocycles. The van der Waals surface area contributed by atoms with E-state index in [4.69, 9.17) is 0 Å². The van der Waals surface area contributed by atoms with Gasteiger partial charge >= 0.3 is 0 Å². The van der Waals surface area contributed by atoms with Crippen molar-refractivity contribution in [3.63, 3.8) is 0 Å². The molecule has 2 heteroatoms. The average molecular weight is 173 g/mol. The Morgan fingerprint density at radius 1 is 1.23 bits per heavy atom. The minimum atomic E-state index is 0.215. The lowest BCUT2D eigenvalue weighted by molar-refractivity contribution is 0.0981. The Morgan fingerprint density at radius 3 is 3.00 bits per heavy atom. The summed E-state index contributed by atoms with van der Waals surface area (Å²) < 4.78 is 0. The Balaban J connectivity index is 2.49. The summed E-state index contributed by atoms with van der Waals surface area (Å²) in [6.07, 6.45) is 4.35. The Hall–Kier alpha value is -1.44. The molecule has 0 unspecified atom stereocenters. The predicted octanol–water partition coefficient (Wildman–Crippen LogP) is 2.76. The fourth-order valence-corrected chi connectivity index (χ4v) is 1.47. The first-order chi connectivity index (χ1) is 6.38. The Labute approximate surface area is 77.3 Å². The minimum Gasteiger partial charge on any atom is -0.294 e. The van der Waals surface area contributed by atoms with Crippen LogP contribution in [0.3, 0.4) is 0 Å². The number of nitrogens with zero attached hydrogens (tertiary/aromatic N) is 1. The van der Waals surface area contributed by atoms with E-state index in [-0.39, 0.29) is 5.78 Å². The van der Waals surface area contributed by atoms with Gasteiger partial charge in [-0.15, -0.1) is 0 Å². The van der Waals surface area contributed by atoms with Crippen molar-refractivity contribution in [2.75, 3.05) is 0 Å². The van der Waals surface area contributed by atoms with Crippen LogP contribution in [0, 0.1) is 0 Å². The van der Waals surface area contributed by atoms with E-state index in [2.05, 4.69) is 4.99 Å². The van der Waals surface area contributed by atoms with Crippen LogP contribution < -0.4 is 0 Å². The number of Topliss-reactive ketones (excluding diaryl/α,β-unsaturated/α-hetero) is 1. The van der Waals surface area contributed by atoms with Crippen molar-refractivity contribution in [2.45, 2.75) is 19.3 Å². The number of aliphatic imine (C=N–C) groups is 1. The highest BCUT2D eigenvalue weighted by atomic mass is 16.1. The average Bonchev–Trinajstić information content (AvgIpc) is 2.14. The van der Waals surface area contributed by atoms with Gasteiger partial charge in [0.15, 0.2) is 5.78 Å². The molecule has 1 aromatic rings. The quantitative estimate of drug-likeness (QED) is 0.593. The van der Waals surface area contributed by atoms with Crippen molar-refractivity contribution in [1.29, 1.82) is 0 Å². The van der Waals surface area contributed by atoms with Crippen molar-refractivity contribution >= 4 is 17.7 Å². The summed E-state index contributed by atoms with van der Waals surface area (Å²) in [6.45, 7) is 0. The zero-order chi connectivity index (χ0) is 9.10. The van der Waals surface area contributed by atoms with E-state index in [0.29, 0.717) is 6.42 Å². The highest BCUT2D eigenvalue weighted by molar-refractivity contribution is 6.01. The molecule has 1 aliphatic rings. The summed E-state index contributed by atoms with van der Waals surface area (Å²) in [4.78, 5) is 15.8. The second-order valence-corrected chi connectivity index (χ2v) is 3.14. The van der Waals surface area contributed by atoms with Gasteiger partial charge in [0.05, 0.1) is 5.69 Å². The van der Waals surface area contributed by atoms with Crippen LogP contribution in [-0.2, 0) is 0 Å². The number of benzene rings is 1. The predicted molar refractivity (Wildman–Crippen MR) is 52.8 cm³/mol. The molecule has 1 aromatic carbocycles. The third-order valence-electron chi connectivity index (χ3n) is 2.17. The van der Waals surface area contributed by atoms with Gasteiger partial charge in [-0.05, 0) is 25.0 Å². The topological polar surface area (TPSA) is 29.4 Å². The van der Waals surface area contributed by atoms with Crippen LogP contribution in [0.15, 0.2) is 29.3 Å². The van der Waals surface area contributed by atoms with E-state index in [1.165, 1.54) is 0 Å². The van der Waals surface area contributed by atoms with Crippen LogP contribution in [0.2, 0.25) is 0 Å². The van der Waals surface area contributed by atoms with Gasteiger partial charge in [0, 0.05) is 18.2 Å². The smallest absolute Gasteiger partial charge is 0.165 e. The molecule has 0 amide bonds. The van der Waals surface area contributed by atoms with Crippen LogP contribution in [0.25, 0.3) is 0 Å². The molecule has 2 nitrogen and oxygen atoms in total. The fourth-order valence-electron chi connectivity index (χ4n) is 1.47. The number of ketones is 1. The molecular weight excluding hydrogens is 162 g/mol. The number of rotatable bonds is 0. The second-order valence-electron chi connectivity index (χ2n) is 3.14.